The molecule has 8 heterocycles. The zero-order valence-corrected chi connectivity index (χ0v) is 83.6. The molecule has 10 atom stereocenters. The van der Waals surface area contributed by atoms with Gasteiger partial charge in [0.25, 0.3) is 5.91 Å². The van der Waals surface area contributed by atoms with Crippen molar-refractivity contribution in [1.82, 2.24) is 44.4 Å². The van der Waals surface area contributed by atoms with E-state index in [1.807, 2.05) is 78.6 Å². The lowest BCUT2D eigenvalue weighted by atomic mass is 9.52. The van der Waals surface area contributed by atoms with Crippen LogP contribution in [0.3, 0.4) is 0 Å². The molecule has 5 saturated heterocycles. The number of fused-ring (bicyclic) bond motifs is 8. The molecule has 1 amide bonds. The number of hydrogen-bond donors (Lipinski definition) is 9. The van der Waals surface area contributed by atoms with Gasteiger partial charge in [-0.2, -0.15) is 0 Å². The number of likely N-dealkylation sites (N-methyl/N-ethyl adjacent to an activating group) is 2. The van der Waals surface area contributed by atoms with Crippen molar-refractivity contribution in [3.8, 4) is 34.5 Å². The molecule has 11 aromatic rings. The molecule has 0 spiro atoms. The molecule has 2 unspecified atom stereocenters. The van der Waals surface area contributed by atoms with E-state index in [1.165, 1.54) is 93.3 Å². The van der Waals surface area contributed by atoms with Crippen LogP contribution >= 0.6 is 0 Å². The molecule has 5 aliphatic carbocycles. The molecule has 2 bridgehead atoms. The van der Waals surface area contributed by atoms with Crippen molar-refractivity contribution in [2.24, 2.45) is 23.7 Å². The fourth-order valence-corrected chi connectivity index (χ4v) is 26.6. The molecule has 0 radical (unpaired) electrons. The highest BCUT2D eigenvalue weighted by molar-refractivity contribution is 5.95. The summed E-state index contributed by atoms with van der Waals surface area (Å²) in [6.07, 6.45) is 22.2. The summed E-state index contributed by atoms with van der Waals surface area (Å²) in [6, 6.07) is 64.2. The van der Waals surface area contributed by atoms with E-state index < -0.39 is 5.60 Å². The van der Waals surface area contributed by atoms with Gasteiger partial charge in [0, 0.05) is 118 Å². The first-order valence-corrected chi connectivity index (χ1v) is 51.2. The average molecular weight is 1860 g/mol. The van der Waals surface area contributed by atoms with Gasteiger partial charge < -0.3 is 75.2 Å². The van der Waals surface area contributed by atoms with Crippen LogP contribution in [0.15, 0.2) is 194 Å². The number of amides is 1. The lowest BCUT2D eigenvalue weighted by Gasteiger charge is -2.58. The van der Waals surface area contributed by atoms with Crippen molar-refractivity contribution >= 4 is 33.5 Å². The first kappa shape index (κ1) is 99.5. The number of aliphatic hydroxyl groups excluding tert-OH is 1. The molecule has 19 heteroatoms. The van der Waals surface area contributed by atoms with Crippen LogP contribution in [0.5, 0.6) is 34.5 Å². The van der Waals surface area contributed by atoms with Crippen LogP contribution in [-0.2, 0) is 89.0 Å². The van der Waals surface area contributed by atoms with Crippen LogP contribution in [0.2, 0.25) is 0 Å². The number of piperidine rings is 4. The van der Waals surface area contributed by atoms with E-state index in [2.05, 4.69) is 198 Å². The van der Waals surface area contributed by atoms with E-state index in [-0.39, 0.29) is 68.9 Å². The van der Waals surface area contributed by atoms with Crippen molar-refractivity contribution in [2.75, 3.05) is 94.1 Å². The molecule has 728 valence electrons. The molecule has 21 rings (SSSR count). The van der Waals surface area contributed by atoms with E-state index in [0.717, 1.165) is 206 Å². The number of aromatic amines is 1. The van der Waals surface area contributed by atoms with Gasteiger partial charge >= 0.3 is 0 Å². The molecule has 8 aromatic carbocycles. The van der Waals surface area contributed by atoms with Gasteiger partial charge in [-0.25, -0.2) is 0 Å². The number of pyridine rings is 2. The first-order valence-electron chi connectivity index (χ1n) is 51.2. The normalized spacial score (nSPS) is 25.6. The summed E-state index contributed by atoms with van der Waals surface area (Å²) < 4.78 is 0. The highest BCUT2D eigenvalue weighted by Gasteiger charge is 2.58. The number of Topliss-reactive ketones (excluding diaryl/α,β-unsaturated/α-hetero) is 1. The molecule has 6 fully saturated rings. The number of H-pyrrole nitrogens is 1. The van der Waals surface area contributed by atoms with E-state index >= 15 is 0 Å². The summed E-state index contributed by atoms with van der Waals surface area (Å²) in [4.78, 5) is 53.7. The number of phenols is 6. The smallest absolute Gasteiger partial charge is 0.271 e. The summed E-state index contributed by atoms with van der Waals surface area (Å²) in [6.45, 7) is 26.1. The van der Waals surface area contributed by atoms with E-state index in [4.69, 9.17) is 9.97 Å². The number of carbonyl (C=O) groups is 2. The fraction of sp³-hybridized carbons (Fsp3) is 0.492. The Kier molecular flexibility index (Phi) is 30.4. The van der Waals surface area contributed by atoms with Crippen LogP contribution in [0, 0.1) is 30.6 Å². The number of aromatic hydroxyl groups is 6. The minimum Gasteiger partial charge on any atom is -0.508 e. The molecular formula is C118H151N9O10. The zero-order chi connectivity index (χ0) is 97.0. The molecule has 5 aliphatic heterocycles. The van der Waals surface area contributed by atoms with Crippen molar-refractivity contribution in [1.29, 1.82) is 0 Å². The Morgan fingerprint density at radius 3 is 1.51 bits per heavy atom. The number of ketones is 1. The van der Waals surface area contributed by atoms with Crippen LogP contribution in [-0.4, -0.2) is 209 Å². The van der Waals surface area contributed by atoms with Crippen molar-refractivity contribution in [2.45, 2.75) is 254 Å². The minimum atomic E-state index is -0.730. The number of nitrogens with zero attached hydrogens (tertiary/aromatic N) is 8. The van der Waals surface area contributed by atoms with Gasteiger partial charge in [-0.15, -0.1) is 0 Å². The Morgan fingerprint density at radius 2 is 0.985 bits per heavy atom. The molecule has 1 saturated carbocycles. The highest BCUT2D eigenvalue weighted by atomic mass is 16.3. The third-order valence-electron chi connectivity index (χ3n) is 34.2. The van der Waals surface area contributed by atoms with Crippen molar-refractivity contribution in [3.05, 3.63) is 284 Å². The number of aliphatic hydroxyl groups is 2. The first-order chi connectivity index (χ1) is 65.8. The lowest BCUT2D eigenvalue weighted by Crippen LogP contribution is -2.61. The average Bonchev–Trinajstić information content (AvgIpc) is 1.68. The Morgan fingerprint density at radius 1 is 0.489 bits per heavy atom. The lowest BCUT2D eigenvalue weighted by molar-refractivity contribution is -0.126. The SMILES string of the molecule is CCC(=O)C1(c2cccc(O)c2)CCN(C)CC1.CCC1(c2cccc(O)c2)CCCCN(C)C1.CCC1CCCC[C@]1(O)c1cccc(O)c1.CN1CC[C@@]2(c3cccc(O)c3)Cc3nc4ccccc4cc3C[C@@H]2C1.CN1CC[C@]2(c3cccc(O)c3)Cc3nc4ccccc4cc3C[C@H]2C1.Cc1c(C(=O)N(C(C)C)C(C)C)[nH]c2c1C[C@H]1[C@H]3Cc4ccc(CO)c(O)c4[C@@]1(CCN3C)C2. The number of likely N-dealkylation sites (tertiary alicyclic amines) is 5. The number of phenolic OH excluding ortho intramolecular Hbond substituents is 5. The van der Waals surface area contributed by atoms with Gasteiger partial charge in [0.15, 0.2) is 0 Å². The number of carbonyl (C=O) groups excluding carboxylic acids is 2. The topological polar surface area (TPSA) is 257 Å². The zero-order valence-electron chi connectivity index (χ0n) is 83.6. The van der Waals surface area contributed by atoms with E-state index in [9.17, 15) is 50.4 Å². The van der Waals surface area contributed by atoms with Crippen LogP contribution in [0.1, 0.15) is 239 Å². The third kappa shape index (κ3) is 20.3. The second-order valence-corrected chi connectivity index (χ2v) is 43.0. The maximum absolute atomic E-state index is 13.6. The van der Waals surface area contributed by atoms with Gasteiger partial charge in [-0.1, -0.05) is 156 Å². The summed E-state index contributed by atoms with van der Waals surface area (Å²) in [5.74, 6) is 4.06. The van der Waals surface area contributed by atoms with Crippen LogP contribution in [0.25, 0.3) is 21.8 Å². The predicted molar refractivity (Wildman–Crippen MR) is 550 cm³/mol. The number of rotatable bonds is 13. The second kappa shape index (κ2) is 41.9. The Labute approximate surface area is 813 Å². The number of para-hydroxylation sites is 2. The number of nitrogens with one attached hydrogen (secondary N) is 1. The molecular weight excluding hydrogens is 1700 g/mol. The molecule has 10 aliphatic rings. The van der Waals surface area contributed by atoms with Gasteiger partial charge in [-0.05, 0) is 370 Å². The summed E-state index contributed by atoms with van der Waals surface area (Å²) in [7, 11) is 11.0. The minimum absolute atomic E-state index is 0.0725. The summed E-state index contributed by atoms with van der Waals surface area (Å²) in [5.41, 5.74) is 19.3. The second-order valence-electron chi connectivity index (χ2n) is 43.0. The van der Waals surface area contributed by atoms with E-state index in [1.54, 1.807) is 42.5 Å². The largest absolute Gasteiger partial charge is 0.508 e. The van der Waals surface area contributed by atoms with Gasteiger partial charge in [0.2, 0.25) is 0 Å². The summed E-state index contributed by atoms with van der Waals surface area (Å²) >= 11 is 0. The van der Waals surface area contributed by atoms with Crippen molar-refractivity contribution < 1.29 is 50.4 Å². The maximum atomic E-state index is 13.6. The fourth-order valence-electron chi connectivity index (χ4n) is 26.6. The van der Waals surface area contributed by atoms with Crippen molar-refractivity contribution in [3.63, 3.8) is 0 Å². The molecule has 3 aromatic heterocycles. The number of benzene rings is 8. The predicted octanol–water partition coefficient (Wildman–Crippen LogP) is 20.2. The molecule has 137 heavy (non-hydrogen) atoms. The molecule has 9 N–H and O–H groups in total. The number of hydrogen-bond acceptors (Lipinski definition) is 17. The van der Waals surface area contributed by atoms with Gasteiger partial charge in [0.1, 0.15) is 46.0 Å². The Hall–Kier alpha value is -10.5. The quantitative estimate of drug-likeness (QED) is 0.0520. The van der Waals surface area contributed by atoms with Gasteiger partial charge in [-0.3, -0.25) is 19.6 Å². The monoisotopic (exact) mass is 1850 g/mol. The Balaban J connectivity index is 0.000000122. The Bertz CT molecular complexity index is 5910. The molecule has 19 nitrogen and oxygen atoms in total. The van der Waals surface area contributed by atoms with Crippen LogP contribution in [0.4, 0.5) is 0 Å². The van der Waals surface area contributed by atoms with Crippen LogP contribution < -0.4 is 0 Å². The standard InChI is InChI=1S/C28H39N3O3.2C23H24N2O.C15H21NO2.C15H23NO.C14H20O2/c1-15(2)31(16(3)4)27(34)25-17(5)20-12-21-23-11-18-7-8-19(14-32)26(33)24(18)28(21,9-10-30(23)6)13-22(20)29-25;2*1-25-10-9-23(18-6-4-7-20(26)13-18)14-22-17(12-19(23)15-25)11-16-5-2-3-8-21(16)24-22;1-3-14(18)15(7-9-16(2)10-8-15)12-5-4-6-13(17)11-12;1-3-15(9-4-5-10-16(2)12-15)13-7-6-8-14(17)11-13;1-2-11-6-3-4-9-14(11,16)12-7-5-8-13(15)10-12/h7-8,15-16,21,23,29,32-33H,9-14H2,1-6H3;2*2-8,11,13,19,26H,9-10,12,14-15H2,1H3;4-6,11,17H,3,7-10H2,1-2H3;6-8,11,17H,3-5,9-10,12H2,1-2H3;5,7-8,10-11,15-16H,2-4,6,9H2,1H3/t21-,23+,28-;2*19-,23+;;;11?,14-/m010..1/s1. The van der Waals surface area contributed by atoms with E-state index in [0.29, 0.717) is 64.7 Å². The number of aromatic nitrogens is 3. The van der Waals surface area contributed by atoms with Gasteiger partial charge in [0.05, 0.1) is 28.7 Å². The highest BCUT2D eigenvalue weighted by Crippen LogP contribution is 2.59. The third-order valence-corrected chi connectivity index (χ3v) is 34.2. The maximum Gasteiger partial charge on any atom is 0.271 e. The summed E-state index contributed by atoms with van der Waals surface area (Å²) in [5, 5.41) is 83.5.